The third kappa shape index (κ3) is 7.26. The van der Waals surface area contributed by atoms with Crippen LogP contribution in [0, 0.1) is 0 Å². The highest BCUT2D eigenvalue weighted by Crippen LogP contribution is 2.13. The Labute approximate surface area is 159 Å². The molecule has 0 saturated heterocycles. The first-order chi connectivity index (χ1) is 10.8. The molecule has 0 saturated carbocycles. The van der Waals surface area contributed by atoms with Gasteiger partial charge in [-0.2, -0.15) is 0 Å². The fourth-order valence-corrected chi connectivity index (χ4v) is 2.71. The van der Waals surface area contributed by atoms with E-state index in [1.165, 1.54) is 4.88 Å². The first-order valence-corrected chi connectivity index (χ1v) is 8.49. The third-order valence-electron chi connectivity index (χ3n) is 3.07. The van der Waals surface area contributed by atoms with Crippen molar-refractivity contribution in [1.29, 1.82) is 0 Å². The predicted octanol–water partition coefficient (Wildman–Crippen LogP) is 3.02. The molecule has 0 atom stereocenters. The van der Waals surface area contributed by atoms with E-state index in [0.717, 1.165) is 42.6 Å². The van der Waals surface area contributed by atoms with Crippen LogP contribution in [-0.4, -0.2) is 29.0 Å². The van der Waals surface area contributed by atoms with Crippen LogP contribution in [0.5, 0.6) is 0 Å². The van der Waals surface area contributed by atoms with E-state index in [0.29, 0.717) is 6.54 Å². The molecule has 2 rings (SSSR count). The molecule has 2 N–H and O–H groups in total. The minimum Gasteiger partial charge on any atom is -0.357 e. The summed E-state index contributed by atoms with van der Waals surface area (Å²) in [5.74, 6) is 0.826. The Hall–Kier alpha value is -1.22. The number of hydrogen-bond acceptors (Lipinski definition) is 4. The Morgan fingerprint density at radius 3 is 2.74 bits per heavy atom. The highest BCUT2D eigenvalue weighted by Gasteiger charge is 2.02. The molecule has 0 aliphatic heterocycles. The number of pyridine rings is 1. The lowest BCUT2D eigenvalue weighted by molar-refractivity contribution is 0.787. The van der Waals surface area contributed by atoms with Crippen LogP contribution in [0.1, 0.15) is 29.4 Å². The molecule has 2 heterocycles. The molecule has 2 aromatic heterocycles. The van der Waals surface area contributed by atoms with Gasteiger partial charge >= 0.3 is 0 Å². The number of halogens is 1. The third-order valence-corrected chi connectivity index (χ3v) is 4.19. The summed E-state index contributed by atoms with van der Waals surface area (Å²) in [6, 6.07) is 5.98. The van der Waals surface area contributed by atoms with E-state index in [2.05, 4.69) is 39.4 Å². The summed E-state index contributed by atoms with van der Waals surface area (Å²) in [6.07, 6.45) is 5.67. The van der Waals surface area contributed by atoms with Gasteiger partial charge in [-0.25, -0.2) is 9.98 Å². The van der Waals surface area contributed by atoms with Gasteiger partial charge < -0.3 is 10.6 Å². The van der Waals surface area contributed by atoms with Crippen molar-refractivity contribution in [1.82, 2.24) is 20.6 Å². The Morgan fingerprint density at radius 2 is 2.09 bits per heavy atom. The zero-order valence-corrected chi connectivity index (χ0v) is 16.7. The normalized spacial score (nSPS) is 11.0. The van der Waals surface area contributed by atoms with Crippen molar-refractivity contribution in [3.63, 3.8) is 0 Å². The molecule has 2 aromatic rings. The number of aliphatic imine (C=N–C) groups is 1. The molecule has 5 nitrogen and oxygen atoms in total. The van der Waals surface area contributed by atoms with Crippen LogP contribution in [0.2, 0.25) is 0 Å². The van der Waals surface area contributed by atoms with Crippen LogP contribution >= 0.6 is 35.3 Å². The standard InChI is InChI=1S/C16H23N5S.HI/c1-3-14-11-20-15(22-14)12-21-16(17-4-2)19-10-8-13-7-5-6-9-18-13;/h5-7,9,11H,3-4,8,10,12H2,1-2H3,(H2,17,19,21);1H. The smallest absolute Gasteiger partial charge is 0.191 e. The quantitative estimate of drug-likeness (QED) is 0.391. The van der Waals surface area contributed by atoms with Gasteiger partial charge in [0.2, 0.25) is 0 Å². The second kappa shape index (κ2) is 11.3. The summed E-state index contributed by atoms with van der Waals surface area (Å²) in [4.78, 5) is 14.6. The number of rotatable bonds is 7. The van der Waals surface area contributed by atoms with E-state index in [-0.39, 0.29) is 24.0 Å². The summed E-state index contributed by atoms with van der Waals surface area (Å²) in [5, 5.41) is 7.65. The fourth-order valence-electron chi connectivity index (χ4n) is 1.93. The molecule has 7 heteroatoms. The summed E-state index contributed by atoms with van der Waals surface area (Å²) in [6.45, 7) is 6.47. The van der Waals surface area contributed by atoms with Gasteiger partial charge in [-0.1, -0.05) is 13.0 Å². The van der Waals surface area contributed by atoms with Gasteiger partial charge in [0.1, 0.15) is 5.01 Å². The monoisotopic (exact) mass is 445 g/mol. The average molecular weight is 445 g/mol. The summed E-state index contributed by atoms with van der Waals surface area (Å²) in [7, 11) is 0. The fraction of sp³-hybridized carbons (Fsp3) is 0.438. The van der Waals surface area contributed by atoms with Gasteiger partial charge in [0.25, 0.3) is 0 Å². The van der Waals surface area contributed by atoms with Crippen molar-refractivity contribution in [2.45, 2.75) is 33.2 Å². The molecule has 0 bridgehead atoms. The summed E-state index contributed by atoms with van der Waals surface area (Å²) < 4.78 is 0. The highest BCUT2D eigenvalue weighted by atomic mass is 127. The van der Waals surface area contributed by atoms with Gasteiger partial charge in [0.15, 0.2) is 5.96 Å². The largest absolute Gasteiger partial charge is 0.357 e. The van der Waals surface area contributed by atoms with Gasteiger partial charge in [-0.05, 0) is 25.5 Å². The van der Waals surface area contributed by atoms with Crippen molar-refractivity contribution >= 4 is 41.3 Å². The second-order valence-corrected chi connectivity index (χ2v) is 5.97. The number of nitrogens with one attached hydrogen (secondary N) is 2. The molecule has 0 spiro atoms. The van der Waals surface area contributed by atoms with E-state index in [9.17, 15) is 0 Å². The molecule has 23 heavy (non-hydrogen) atoms. The van der Waals surface area contributed by atoms with Crippen molar-refractivity contribution in [3.05, 3.63) is 46.2 Å². The molecule has 0 aromatic carbocycles. The molecule has 0 aliphatic carbocycles. The van der Waals surface area contributed by atoms with E-state index in [1.54, 1.807) is 11.3 Å². The average Bonchev–Trinajstić information content (AvgIpc) is 3.02. The maximum atomic E-state index is 4.58. The van der Waals surface area contributed by atoms with Crippen molar-refractivity contribution in [2.24, 2.45) is 4.99 Å². The molecular weight excluding hydrogens is 421 g/mol. The molecule has 0 fully saturated rings. The van der Waals surface area contributed by atoms with Crippen molar-refractivity contribution < 1.29 is 0 Å². The van der Waals surface area contributed by atoms with Crippen LogP contribution in [0.15, 0.2) is 35.6 Å². The molecular formula is C16H24IN5S. The molecule has 0 unspecified atom stereocenters. The Morgan fingerprint density at radius 1 is 1.22 bits per heavy atom. The summed E-state index contributed by atoms with van der Waals surface area (Å²) in [5.41, 5.74) is 1.08. The minimum absolute atomic E-state index is 0. The van der Waals surface area contributed by atoms with E-state index < -0.39 is 0 Å². The SMILES string of the molecule is CCNC(=NCc1ncc(CC)s1)NCCc1ccccn1.I. The number of guanidine groups is 1. The van der Waals surface area contributed by atoms with Crippen LogP contribution < -0.4 is 10.6 Å². The lowest BCUT2D eigenvalue weighted by Gasteiger charge is -2.10. The predicted molar refractivity (Wildman–Crippen MR) is 108 cm³/mol. The van der Waals surface area contributed by atoms with Gasteiger partial charge in [-0.15, -0.1) is 35.3 Å². The number of aromatic nitrogens is 2. The Bertz CT molecular complexity index is 585. The van der Waals surface area contributed by atoms with Crippen LogP contribution in [0.4, 0.5) is 0 Å². The second-order valence-electron chi connectivity index (χ2n) is 4.77. The Balaban J connectivity index is 0.00000264. The molecule has 0 radical (unpaired) electrons. The van der Waals surface area contributed by atoms with Crippen LogP contribution in [0.25, 0.3) is 0 Å². The first-order valence-electron chi connectivity index (χ1n) is 7.67. The van der Waals surface area contributed by atoms with Crippen LogP contribution in [-0.2, 0) is 19.4 Å². The topological polar surface area (TPSA) is 62.2 Å². The van der Waals surface area contributed by atoms with Gasteiger partial charge in [0, 0.05) is 42.5 Å². The molecule has 0 amide bonds. The Kier molecular flexibility index (Phi) is 9.77. The van der Waals surface area contributed by atoms with Gasteiger partial charge in [-0.3, -0.25) is 4.98 Å². The van der Waals surface area contributed by atoms with Gasteiger partial charge in [0.05, 0.1) is 6.54 Å². The number of nitrogens with zero attached hydrogens (tertiary/aromatic N) is 3. The van der Waals surface area contributed by atoms with E-state index in [1.807, 2.05) is 30.6 Å². The lowest BCUT2D eigenvalue weighted by Crippen LogP contribution is -2.38. The number of thiazole rings is 1. The van der Waals surface area contributed by atoms with Crippen LogP contribution in [0.3, 0.4) is 0 Å². The van der Waals surface area contributed by atoms with Crippen molar-refractivity contribution in [2.75, 3.05) is 13.1 Å². The lowest BCUT2D eigenvalue weighted by atomic mass is 10.3. The molecule has 126 valence electrons. The maximum Gasteiger partial charge on any atom is 0.191 e. The molecule has 0 aliphatic rings. The zero-order chi connectivity index (χ0) is 15.6. The zero-order valence-electron chi connectivity index (χ0n) is 13.6. The summed E-state index contributed by atoms with van der Waals surface area (Å²) >= 11 is 1.73. The van der Waals surface area contributed by atoms with E-state index in [4.69, 9.17) is 0 Å². The number of hydrogen-bond donors (Lipinski definition) is 2. The first kappa shape index (κ1) is 19.8. The minimum atomic E-state index is 0. The van der Waals surface area contributed by atoms with E-state index >= 15 is 0 Å². The number of aryl methyl sites for hydroxylation is 1. The highest BCUT2D eigenvalue weighted by molar-refractivity contribution is 14.0. The maximum absolute atomic E-state index is 4.58. The van der Waals surface area contributed by atoms with Crippen molar-refractivity contribution in [3.8, 4) is 0 Å².